The molecule has 1 atom stereocenters. The molecular weight excluding hydrogens is 430 g/mol. The number of sulfonamides is 1. The van der Waals surface area contributed by atoms with Crippen LogP contribution in [0.1, 0.15) is 16.7 Å². The highest BCUT2D eigenvalue weighted by molar-refractivity contribution is 7.92. The van der Waals surface area contributed by atoms with Crippen LogP contribution in [0, 0.1) is 6.92 Å². The van der Waals surface area contributed by atoms with Crippen molar-refractivity contribution in [1.29, 1.82) is 0 Å². The fraction of sp³-hybridized carbons (Fsp3) is 0.435. The molecule has 2 aliphatic heterocycles. The van der Waals surface area contributed by atoms with E-state index in [0.29, 0.717) is 18.0 Å². The second-order valence-electron chi connectivity index (χ2n) is 8.29. The third-order valence-corrected chi connectivity index (χ3v) is 6.82. The van der Waals surface area contributed by atoms with Gasteiger partial charge < -0.3 is 14.8 Å². The van der Waals surface area contributed by atoms with E-state index in [1.807, 2.05) is 25.1 Å². The first-order chi connectivity index (χ1) is 15.3. The fourth-order valence-electron chi connectivity index (χ4n) is 3.89. The summed E-state index contributed by atoms with van der Waals surface area (Å²) >= 11 is 0. The number of anilines is 1. The zero-order valence-electron chi connectivity index (χ0n) is 18.4. The van der Waals surface area contributed by atoms with Gasteiger partial charge >= 0.3 is 0 Å². The normalized spacial score (nSPS) is 19.2. The molecule has 2 aromatic rings. The maximum absolute atomic E-state index is 12.8. The number of morpholine rings is 1. The first kappa shape index (κ1) is 22.6. The van der Waals surface area contributed by atoms with E-state index in [2.05, 4.69) is 22.3 Å². The summed E-state index contributed by atoms with van der Waals surface area (Å²) in [6, 6.07) is 13.4. The van der Waals surface area contributed by atoms with Crippen LogP contribution in [0.15, 0.2) is 42.5 Å². The maximum atomic E-state index is 12.8. The Bertz CT molecular complexity index is 1070. The molecule has 0 bridgehead atoms. The third kappa shape index (κ3) is 5.40. The van der Waals surface area contributed by atoms with Gasteiger partial charge in [0.15, 0.2) is 6.10 Å². The Balaban J connectivity index is 1.37. The Kier molecular flexibility index (Phi) is 6.68. The lowest BCUT2D eigenvalue weighted by Crippen LogP contribution is -2.50. The molecule has 1 N–H and O–H groups in total. The van der Waals surface area contributed by atoms with E-state index < -0.39 is 16.1 Å². The van der Waals surface area contributed by atoms with Gasteiger partial charge in [-0.05, 0) is 35.7 Å². The van der Waals surface area contributed by atoms with Gasteiger partial charge in [-0.2, -0.15) is 0 Å². The lowest BCUT2D eigenvalue weighted by atomic mass is 10.1. The molecule has 9 heteroatoms. The Hall–Kier alpha value is -2.62. The zero-order valence-corrected chi connectivity index (χ0v) is 19.2. The van der Waals surface area contributed by atoms with Crippen LogP contribution in [0.3, 0.4) is 0 Å². The van der Waals surface area contributed by atoms with Crippen LogP contribution in [0.25, 0.3) is 0 Å². The predicted molar refractivity (Wildman–Crippen MR) is 122 cm³/mol. The average Bonchev–Trinajstić information content (AvgIpc) is 2.77. The van der Waals surface area contributed by atoms with Crippen molar-refractivity contribution in [1.82, 2.24) is 10.2 Å². The Labute approximate surface area is 189 Å². The molecule has 0 radical (unpaired) electrons. The maximum Gasteiger partial charge on any atom is 0.263 e. The number of hydrogen-bond acceptors (Lipinski definition) is 6. The number of aryl methyl sites for hydroxylation is 1. The second kappa shape index (κ2) is 9.48. The number of fused-ring (bicyclic) bond motifs is 1. The van der Waals surface area contributed by atoms with E-state index in [1.165, 1.54) is 9.87 Å². The number of carbonyl (C=O) groups is 1. The lowest BCUT2D eigenvalue weighted by Gasteiger charge is -2.34. The molecule has 0 unspecified atom stereocenters. The third-order valence-electron chi connectivity index (χ3n) is 5.68. The van der Waals surface area contributed by atoms with E-state index in [9.17, 15) is 13.2 Å². The molecule has 2 aliphatic rings. The summed E-state index contributed by atoms with van der Waals surface area (Å²) in [6.45, 7) is 6.47. The summed E-state index contributed by atoms with van der Waals surface area (Å²) < 4.78 is 37.1. The van der Waals surface area contributed by atoms with Crippen LogP contribution in [0.2, 0.25) is 0 Å². The van der Waals surface area contributed by atoms with Gasteiger partial charge in [-0.1, -0.05) is 30.3 Å². The van der Waals surface area contributed by atoms with Crippen LogP contribution in [0.5, 0.6) is 5.75 Å². The number of rotatable bonds is 6. The molecule has 1 saturated heterocycles. The van der Waals surface area contributed by atoms with Crippen LogP contribution < -0.4 is 14.4 Å². The highest BCUT2D eigenvalue weighted by Gasteiger charge is 2.35. The number of amides is 1. The Morgan fingerprint density at radius 2 is 1.78 bits per heavy atom. The van der Waals surface area contributed by atoms with Gasteiger partial charge in [-0.25, -0.2) is 8.42 Å². The standard InChI is InChI=1S/C23H29N3O5S/c1-17-3-8-21-20(13-17)26(32(2,28)29)16-22(31-21)23(27)24-14-18-4-6-19(7-5-18)15-25-9-11-30-12-10-25/h3-8,13,22H,9-12,14-16H2,1-2H3,(H,24,27)/t22-/m1/s1. The number of nitrogens with zero attached hydrogens (tertiary/aromatic N) is 2. The summed E-state index contributed by atoms with van der Waals surface area (Å²) in [7, 11) is -3.55. The van der Waals surface area contributed by atoms with E-state index >= 15 is 0 Å². The van der Waals surface area contributed by atoms with E-state index in [0.717, 1.165) is 50.2 Å². The van der Waals surface area contributed by atoms with Crippen molar-refractivity contribution in [2.24, 2.45) is 0 Å². The van der Waals surface area contributed by atoms with Crippen LogP contribution in [-0.2, 0) is 32.6 Å². The lowest BCUT2D eigenvalue weighted by molar-refractivity contribution is -0.127. The molecule has 2 aromatic carbocycles. The van der Waals surface area contributed by atoms with Crippen molar-refractivity contribution in [2.45, 2.75) is 26.1 Å². The van der Waals surface area contributed by atoms with Crippen LogP contribution >= 0.6 is 0 Å². The van der Waals surface area contributed by atoms with Crippen molar-refractivity contribution in [3.05, 3.63) is 59.2 Å². The first-order valence-electron chi connectivity index (χ1n) is 10.7. The summed E-state index contributed by atoms with van der Waals surface area (Å²) in [5, 5.41) is 2.87. The van der Waals surface area contributed by atoms with Crippen LogP contribution in [0.4, 0.5) is 5.69 Å². The molecular formula is C23H29N3O5S. The average molecular weight is 460 g/mol. The molecule has 0 saturated carbocycles. The summed E-state index contributed by atoms with van der Waals surface area (Å²) in [5.41, 5.74) is 3.57. The highest BCUT2D eigenvalue weighted by Crippen LogP contribution is 2.35. The molecule has 8 nitrogen and oxygen atoms in total. The molecule has 0 aromatic heterocycles. The quantitative estimate of drug-likeness (QED) is 0.707. The molecule has 1 amide bonds. The number of carbonyl (C=O) groups excluding carboxylic acids is 1. The first-order valence-corrected chi connectivity index (χ1v) is 12.5. The van der Waals surface area contributed by atoms with Crippen molar-refractivity contribution in [3.63, 3.8) is 0 Å². The molecule has 2 heterocycles. The monoisotopic (exact) mass is 459 g/mol. The Morgan fingerprint density at radius 1 is 1.09 bits per heavy atom. The topological polar surface area (TPSA) is 88.2 Å². The van der Waals surface area contributed by atoms with E-state index in [1.54, 1.807) is 12.1 Å². The minimum atomic E-state index is -3.55. The van der Waals surface area contributed by atoms with Gasteiger partial charge in [0.2, 0.25) is 10.0 Å². The number of nitrogens with one attached hydrogen (secondary N) is 1. The van der Waals surface area contributed by atoms with Crippen molar-refractivity contribution < 1.29 is 22.7 Å². The zero-order chi connectivity index (χ0) is 22.7. The van der Waals surface area contributed by atoms with Gasteiger partial charge in [0.25, 0.3) is 5.91 Å². The smallest absolute Gasteiger partial charge is 0.263 e. The number of ether oxygens (including phenoxy) is 2. The van der Waals surface area contributed by atoms with Gasteiger partial charge in [-0.3, -0.25) is 14.0 Å². The van der Waals surface area contributed by atoms with Crippen molar-refractivity contribution >= 4 is 21.6 Å². The molecule has 4 rings (SSSR count). The largest absolute Gasteiger partial charge is 0.476 e. The summed E-state index contributed by atoms with van der Waals surface area (Å²) in [4.78, 5) is 15.1. The molecule has 0 spiro atoms. The minimum absolute atomic E-state index is 0.0559. The second-order valence-corrected chi connectivity index (χ2v) is 10.2. The Morgan fingerprint density at radius 3 is 2.47 bits per heavy atom. The van der Waals surface area contributed by atoms with Crippen molar-refractivity contribution in [3.8, 4) is 5.75 Å². The van der Waals surface area contributed by atoms with E-state index in [-0.39, 0.29) is 12.5 Å². The minimum Gasteiger partial charge on any atom is -0.476 e. The van der Waals surface area contributed by atoms with Gasteiger partial charge in [-0.15, -0.1) is 0 Å². The summed E-state index contributed by atoms with van der Waals surface area (Å²) in [5.74, 6) is 0.0437. The molecule has 172 valence electrons. The SMILES string of the molecule is Cc1ccc2c(c1)N(S(C)(=O)=O)C[C@H](C(=O)NCc1ccc(CN3CCOCC3)cc1)O2. The fourth-order valence-corrected chi connectivity index (χ4v) is 4.80. The van der Waals surface area contributed by atoms with Crippen molar-refractivity contribution in [2.75, 3.05) is 43.4 Å². The predicted octanol–water partition coefficient (Wildman–Crippen LogP) is 1.67. The van der Waals surface area contributed by atoms with Crippen LogP contribution in [-0.4, -0.2) is 64.4 Å². The van der Waals surface area contributed by atoms with E-state index in [4.69, 9.17) is 9.47 Å². The van der Waals surface area contributed by atoms with Gasteiger partial charge in [0.05, 0.1) is 31.7 Å². The molecule has 0 aliphatic carbocycles. The highest BCUT2D eigenvalue weighted by atomic mass is 32.2. The van der Waals surface area contributed by atoms with Gasteiger partial charge in [0.1, 0.15) is 5.75 Å². The molecule has 1 fully saturated rings. The number of hydrogen-bond donors (Lipinski definition) is 1. The summed E-state index contributed by atoms with van der Waals surface area (Å²) in [6.07, 6.45) is 0.221. The van der Waals surface area contributed by atoms with Gasteiger partial charge in [0, 0.05) is 26.2 Å². The molecule has 32 heavy (non-hydrogen) atoms. The number of benzene rings is 2.